The zero-order valence-electron chi connectivity index (χ0n) is 12.1. The molecule has 0 aromatic heterocycles. The Morgan fingerprint density at radius 3 is 2.24 bits per heavy atom. The van der Waals surface area contributed by atoms with E-state index in [1.807, 2.05) is 0 Å². The Morgan fingerprint density at radius 2 is 1.67 bits per heavy atom. The molecule has 0 amide bonds. The summed E-state index contributed by atoms with van der Waals surface area (Å²) in [6, 6.07) is 7.23. The van der Waals surface area contributed by atoms with Crippen LogP contribution in [0.5, 0.6) is 11.5 Å². The molecular weight excluding hydrogens is 273 g/mol. The molecule has 0 aliphatic heterocycles. The van der Waals surface area contributed by atoms with Crippen LogP contribution in [0.2, 0.25) is 0 Å². The minimum absolute atomic E-state index is 0.0282. The summed E-state index contributed by atoms with van der Waals surface area (Å²) in [5.41, 5.74) is 6.77. The van der Waals surface area contributed by atoms with E-state index < -0.39 is 11.6 Å². The topological polar surface area (TPSA) is 61.5 Å². The number of carbonyl (C=O) groups excluding carboxylic acids is 1. The summed E-state index contributed by atoms with van der Waals surface area (Å²) >= 11 is 0. The second-order valence-corrected chi connectivity index (χ2v) is 4.59. The van der Waals surface area contributed by atoms with Gasteiger partial charge in [-0.15, -0.1) is 0 Å². The third-order valence-corrected chi connectivity index (χ3v) is 3.21. The lowest BCUT2D eigenvalue weighted by molar-refractivity contribution is 0.103. The smallest absolute Gasteiger partial charge is 0.196 e. The number of hydrogen-bond acceptors (Lipinski definition) is 4. The molecule has 0 heterocycles. The van der Waals surface area contributed by atoms with Crippen LogP contribution in [0.15, 0.2) is 30.3 Å². The predicted octanol–water partition coefficient (Wildman–Crippen LogP) is 2.96. The van der Waals surface area contributed by atoms with Gasteiger partial charge in [-0.25, -0.2) is 4.39 Å². The van der Waals surface area contributed by atoms with Crippen molar-refractivity contribution in [3.63, 3.8) is 0 Å². The largest absolute Gasteiger partial charge is 0.493 e. The van der Waals surface area contributed by atoms with Gasteiger partial charge < -0.3 is 15.2 Å². The standard InChI is InChI=1S/C16H16FNO3/c1-9-6-14(20-2)15(21-3)8-12(9)16(19)11-5-4-10(18)7-13(11)17/h4-8H,18H2,1-3H3. The molecule has 0 radical (unpaired) electrons. The van der Waals surface area contributed by atoms with Gasteiger partial charge in [0, 0.05) is 11.3 Å². The Balaban J connectivity index is 2.53. The summed E-state index contributed by atoms with van der Waals surface area (Å²) in [5, 5.41) is 0. The zero-order valence-corrected chi connectivity index (χ0v) is 12.1. The maximum Gasteiger partial charge on any atom is 0.196 e. The van der Waals surface area contributed by atoms with E-state index in [1.165, 1.54) is 26.4 Å². The van der Waals surface area contributed by atoms with Crippen molar-refractivity contribution >= 4 is 11.5 Å². The third-order valence-electron chi connectivity index (χ3n) is 3.21. The maximum atomic E-state index is 13.9. The summed E-state index contributed by atoms with van der Waals surface area (Å²) < 4.78 is 24.2. The highest BCUT2D eigenvalue weighted by atomic mass is 19.1. The normalized spacial score (nSPS) is 10.3. The van der Waals surface area contributed by atoms with E-state index in [-0.39, 0.29) is 11.3 Å². The highest BCUT2D eigenvalue weighted by Gasteiger charge is 2.19. The number of ketones is 1. The lowest BCUT2D eigenvalue weighted by Gasteiger charge is -2.12. The van der Waals surface area contributed by atoms with Crippen LogP contribution in [0.1, 0.15) is 21.5 Å². The van der Waals surface area contributed by atoms with Gasteiger partial charge in [0.05, 0.1) is 19.8 Å². The molecule has 4 nitrogen and oxygen atoms in total. The molecule has 0 fully saturated rings. The molecule has 0 aliphatic carbocycles. The van der Waals surface area contributed by atoms with Crippen LogP contribution in [-0.2, 0) is 0 Å². The fraction of sp³-hybridized carbons (Fsp3) is 0.188. The van der Waals surface area contributed by atoms with Gasteiger partial charge in [0.2, 0.25) is 0 Å². The van der Waals surface area contributed by atoms with Crippen LogP contribution in [-0.4, -0.2) is 20.0 Å². The van der Waals surface area contributed by atoms with Crippen LogP contribution in [0.4, 0.5) is 10.1 Å². The molecule has 0 unspecified atom stereocenters. The first kappa shape index (κ1) is 14.8. The lowest BCUT2D eigenvalue weighted by Crippen LogP contribution is -2.08. The van der Waals surface area contributed by atoms with E-state index in [2.05, 4.69) is 0 Å². The maximum absolute atomic E-state index is 13.9. The van der Waals surface area contributed by atoms with Gasteiger partial charge >= 0.3 is 0 Å². The predicted molar refractivity (Wildman–Crippen MR) is 78.5 cm³/mol. The van der Waals surface area contributed by atoms with Crippen molar-refractivity contribution in [1.82, 2.24) is 0 Å². The number of nitrogen functional groups attached to an aromatic ring is 1. The number of carbonyl (C=O) groups is 1. The number of halogens is 1. The SMILES string of the molecule is COc1cc(C)c(C(=O)c2ccc(N)cc2F)cc1OC. The second kappa shape index (κ2) is 5.83. The van der Waals surface area contributed by atoms with E-state index in [9.17, 15) is 9.18 Å². The molecule has 2 aromatic carbocycles. The highest BCUT2D eigenvalue weighted by molar-refractivity contribution is 6.10. The molecule has 0 saturated heterocycles. The number of hydrogen-bond donors (Lipinski definition) is 1. The Kier molecular flexibility index (Phi) is 4.12. The second-order valence-electron chi connectivity index (χ2n) is 4.59. The van der Waals surface area contributed by atoms with Gasteiger partial charge in [0.15, 0.2) is 17.3 Å². The molecule has 0 saturated carbocycles. The molecule has 5 heteroatoms. The number of nitrogens with two attached hydrogens (primary N) is 1. The van der Waals surface area contributed by atoms with Crippen LogP contribution in [0.3, 0.4) is 0 Å². The minimum atomic E-state index is -0.644. The molecule has 0 spiro atoms. The molecular formula is C16H16FNO3. The average Bonchev–Trinajstić information content (AvgIpc) is 2.46. The lowest BCUT2D eigenvalue weighted by atomic mass is 9.98. The summed E-state index contributed by atoms with van der Waals surface area (Å²) in [4.78, 5) is 12.5. The molecule has 110 valence electrons. The highest BCUT2D eigenvalue weighted by Crippen LogP contribution is 2.31. The van der Waals surface area contributed by atoms with Crippen molar-refractivity contribution < 1.29 is 18.7 Å². The number of rotatable bonds is 4. The quantitative estimate of drug-likeness (QED) is 0.694. The fourth-order valence-electron chi connectivity index (χ4n) is 2.09. The molecule has 2 rings (SSSR count). The van der Waals surface area contributed by atoms with Crippen molar-refractivity contribution in [2.24, 2.45) is 0 Å². The Hall–Kier alpha value is -2.56. The van der Waals surface area contributed by atoms with E-state index in [0.717, 1.165) is 6.07 Å². The first-order valence-electron chi connectivity index (χ1n) is 6.30. The number of benzene rings is 2. The van der Waals surface area contributed by atoms with E-state index in [0.29, 0.717) is 22.6 Å². The minimum Gasteiger partial charge on any atom is -0.493 e. The molecule has 2 N–H and O–H groups in total. The summed E-state index contributed by atoms with van der Waals surface area (Å²) in [6.45, 7) is 1.75. The van der Waals surface area contributed by atoms with Gasteiger partial charge in [0.1, 0.15) is 5.82 Å². The van der Waals surface area contributed by atoms with Gasteiger partial charge in [-0.1, -0.05) is 0 Å². The van der Waals surface area contributed by atoms with E-state index in [4.69, 9.17) is 15.2 Å². The average molecular weight is 289 g/mol. The zero-order chi connectivity index (χ0) is 15.6. The molecule has 2 aromatic rings. The van der Waals surface area contributed by atoms with Crippen molar-refractivity contribution in [3.8, 4) is 11.5 Å². The van der Waals surface area contributed by atoms with Crippen LogP contribution >= 0.6 is 0 Å². The van der Waals surface area contributed by atoms with Crippen molar-refractivity contribution in [2.45, 2.75) is 6.92 Å². The fourth-order valence-corrected chi connectivity index (χ4v) is 2.09. The Labute approximate surface area is 122 Å². The first-order valence-corrected chi connectivity index (χ1v) is 6.30. The molecule has 0 aliphatic rings. The van der Waals surface area contributed by atoms with Gasteiger partial charge in [-0.2, -0.15) is 0 Å². The van der Waals surface area contributed by atoms with Gasteiger partial charge in [-0.05, 0) is 42.8 Å². The van der Waals surface area contributed by atoms with Crippen molar-refractivity contribution in [3.05, 3.63) is 52.8 Å². The molecule has 0 atom stereocenters. The number of methoxy groups -OCH3 is 2. The van der Waals surface area contributed by atoms with Crippen molar-refractivity contribution in [1.29, 1.82) is 0 Å². The van der Waals surface area contributed by atoms with Crippen molar-refractivity contribution in [2.75, 3.05) is 20.0 Å². The third kappa shape index (κ3) is 2.81. The van der Waals surface area contributed by atoms with E-state index in [1.54, 1.807) is 19.1 Å². The Morgan fingerprint density at radius 1 is 1.05 bits per heavy atom. The van der Waals surface area contributed by atoms with Crippen LogP contribution < -0.4 is 15.2 Å². The number of anilines is 1. The first-order chi connectivity index (χ1) is 9.97. The monoisotopic (exact) mass is 289 g/mol. The van der Waals surface area contributed by atoms with E-state index >= 15 is 0 Å². The number of aryl methyl sites for hydroxylation is 1. The van der Waals surface area contributed by atoms with Gasteiger partial charge in [-0.3, -0.25) is 4.79 Å². The van der Waals surface area contributed by atoms with Gasteiger partial charge in [0.25, 0.3) is 0 Å². The summed E-state index contributed by atoms with van der Waals surface area (Å²) in [6.07, 6.45) is 0. The number of ether oxygens (including phenoxy) is 2. The molecule has 0 bridgehead atoms. The summed E-state index contributed by atoms with van der Waals surface area (Å²) in [5.74, 6) is -0.133. The van der Waals surface area contributed by atoms with Crippen LogP contribution in [0, 0.1) is 12.7 Å². The Bertz CT molecular complexity index is 698. The van der Waals surface area contributed by atoms with Crippen LogP contribution in [0.25, 0.3) is 0 Å². The molecule has 21 heavy (non-hydrogen) atoms. The summed E-state index contributed by atoms with van der Waals surface area (Å²) in [7, 11) is 2.99.